The molecule has 1 heterocycles. The Hall–Kier alpha value is -2.01. The number of hydrogen-bond acceptors (Lipinski definition) is 3. The number of ketones is 1. The van der Waals surface area contributed by atoms with Gasteiger partial charge in [-0.2, -0.15) is 0 Å². The van der Waals surface area contributed by atoms with Gasteiger partial charge in [-0.25, -0.2) is 4.79 Å². The van der Waals surface area contributed by atoms with Gasteiger partial charge in [-0.05, 0) is 24.1 Å². The van der Waals surface area contributed by atoms with Crippen LogP contribution >= 0.6 is 34.8 Å². The molecule has 0 saturated carbocycles. The van der Waals surface area contributed by atoms with Crippen LogP contribution in [0.25, 0.3) is 10.9 Å². The van der Waals surface area contributed by atoms with Crippen LogP contribution < -0.4 is 0 Å². The van der Waals surface area contributed by atoms with Crippen molar-refractivity contribution in [3.05, 3.63) is 68.3 Å². The van der Waals surface area contributed by atoms with Gasteiger partial charge in [-0.15, -0.1) is 0 Å². The molecule has 1 aromatic heterocycles. The first-order valence-corrected chi connectivity index (χ1v) is 9.00. The molecule has 0 saturated heterocycles. The number of H-pyrrole nitrogens is 1. The van der Waals surface area contributed by atoms with E-state index in [1.54, 1.807) is 6.20 Å². The van der Waals surface area contributed by atoms with Gasteiger partial charge in [0.15, 0.2) is 6.61 Å². The van der Waals surface area contributed by atoms with Crippen LogP contribution in [-0.2, 0) is 11.2 Å². The van der Waals surface area contributed by atoms with Crippen LogP contribution in [0.3, 0.4) is 0 Å². The monoisotopic (exact) mass is 409 g/mol. The van der Waals surface area contributed by atoms with Gasteiger partial charge in [0.1, 0.15) is 0 Å². The fraction of sp³-hybridized carbons (Fsp3) is 0.158. The van der Waals surface area contributed by atoms with Crippen LogP contribution in [0, 0.1) is 0 Å². The van der Waals surface area contributed by atoms with Crippen molar-refractivity contribution in [1.82, 2.24) is 4.98 Å². The summed E-state index contributed by atoms with van der Waals surface area (Å²) in [7, 11) is 0. The Labute approximate surface area is 165 Å². The van der Waals surface area contributed by atoms with E-state index in [0.29, 0.717) is 5.56 Å². The minimum Gasteiger partial charge on any atom is -0.454 e. The third-order valence-corrected chi connectivity index (χ3v) is 5.18. The summed E-state index contributed by atoms with van der Waals surface area (Å²) < 4.78 is 5.11. The first-order valence-electron chi connectivity index (χ1n) is 7.86. The zero-order valence-electron chi connectivity index (χ0n) is 13.7. The number of Topliss-reactive ketones (excluding diaryl/α,β-unsaturated/α-hetero) is 1. The third-order valence-electron chi connectivity index (χ3n) is 4.07. The van der Waals surface area contributed by atoms with E-state index in [1.165, 1.54) is 12.1 Å². The van der Waals surface area contributed by atoms with Gasteiger partial charge in [0, 0.05) is 22.7 Å². The van der Waals surface area contributed by atoms with Gasteiger partial charge >= 0.3 is 5.97 Å². The number of ether oxygens (including phenoxy) is 1. The lowest BCUT2D eigenvalue weighted by molar-refractivity contribution is 0.0475. The van der Waals surface area contributed by atoms with E-state index in [2.05, 4.69) is 4.98 Å². The van der Waals surface area contributed by atoms with Crippen LogP contribution in [0.2, 0.25) is 15.1 Å². The Morgan fingerprint density at radius 2 is 1.81 bits per heavy atom. The smallest absolute Gasteiger partial charge is 0.341 e. The van der Waals surface area contributed by atoms with E-state index in [1.807, 2.05) is 25.1 Å². The third kappa shape index (κ3) is 3.45. The lowest BCUT2D eigenvalue weighted by Gasteiger charge is -2.08. The molecule has 2 aromatic carbocycles. The van der Waals surface area contributed by atoms with Gasteiger partial charge < -0.3 is 9.72 Å². The normalized spacial score (nSPS) is 10.9. The van der Waals surface area contributed by atoms with Gasteiger partial charge in [0.05, 0.1) is 20.6 Å². The topological polar surface area (TPSA) is 59.2 Å². The standard InChI is InChI=1S/C19H14Cl3NO3/c1-2-10-4-3-5-11-12(8-23-18(10)11)15(24)9-26-19(25)16-13(20)6-7-14(21)17(16)22/h3-8,23H,2,9H2,1H3. The Bertz CT molecular complexity index is 1010. The molecule has 0 amide bonds. The number of aromatic nitrogens is 1. The second-order valence-corrected chi connectivity index (χ2v) is 6.81. The van der Waals surface area contributed by atoms with Gasteiger partial charge in [0.25, 0.3) is 0 Å². The highest BCUT2D eigenvalue weighted by Gasteiger charge is 2.21. The summed E-state index contributed by atoms with van der Waals surface area (Å²) >= 11 is 17.9. The quantitative estimate of drug-likeness (QED) is 0.332. The van der Waals surface area contributed by atoms with Crippen molar-refractivity contribution in [1.29, 1.82) is 0 Å². The van der Waals surface area contributed by atoms with Gasteiger partial charge in [-0.1, -0.05) is 59.9 Å². The van der Waals surface area contributed by atoms with Crippen LogP contribution in [0.4, 0.5) is 0 Å². The molecule has 0 spiro atoms. The summed E-state index contributed by atoms with van der Waals surface area (Å²) in [5, 5.41) is 1.08. The Morgan fingerprint density at radius 1 is 1.08 bits per heavy atom. The van der Waals surface area contributed by atoms with Crippen molar-refractivity contribution in [2.24, 2.45) is 0 Å². The summed E-state index contributed by atoms with van der Waals surface area (Å²) in [4.78, 5) is 27.9. The molecule has 3 aromatic rings. The van der Waals surface area contributed by atoms with Crippen LogP contribution in [-0.4, -0.2) is 23.3 Å². The molecule has 3 rings (SSSR count). The number of carbonyl (C=O) groups is 2. The van der Waals surface area contributed by atoms with E-state index in [4.69, 9.17) is 39.5 Å². The number of aromatic amines is 1. The summed E-state index contributed by atoms with van der Waals surface area (Å²) in [5.41, 5.74) is 2.42. The molecular formula is C19H14Cl3NO3. The minimum atomic E-state index is -0.801. The molecule has 0 aliphatic rings. The van der Waals surface area contributed by atoms with Crippen molar-refractivity contribution < 1.29 is 14.3 Å². The number of nitrogens with one attached hydrogen (secondary N) is 1. The highest BCUT2D eigenvalue weighted by molar-refractivity contribution is 6.46. The summed E-state index contributed by atoms with van der Waals surface area (Å²) in [6.07, 6.45) is 2.46. The molecule has 0 bridgehead atoms. The van der Waals surface area contributed by atoms with Crippen molar-refractivity contribution in [3.8, 4) is 0 Å². The van der Waals surface area contributed by atoms with E-state index in [9.17, 15) is 9.59 Å². The number of fused-ring (bicyclic) bond motifs is 1. The number of rotatable bonds is 5. The van der Waals surface area contributed by atoms with Gasteiger partial charge in [-0.3, -0.25) is 4.79 Å². The van der Waals surface area contributed by atoms with Crippen molar-refractivity contribution in [2.75, 3.05) is 6.61 Å². The Morgan fingerprint density at radius 3 is 2.54 bits per heavy atom. The number of esters is 1. The van der Waals surface area contributed by atoms with Crippen LogP contribution in [0.15, 0.2) is 36.5 Å². The van der Waals surface area contributed by atoms with Crippen molar-refractivity contribution in [3.63, 3.8) is 0 Å². The SMILES string of the molecule is CCc1cccc2c(C(=O)COC(=O)c3c(Cl)ccc(Cl)c3Cl)c[nH]c12. The number of halogens is 3. The molecule has 0 aliphatic heterocycles. The zero-order valence-corrected chi connectivity index (χ0v) is 16.0. The predicted octanol–water partition coefficient (Wildman–Crippen LogP) is 5.73. The predicted molar refractivity (Wildman–Crippen MR) is 104 cm³/mol. The average Bonchev–Trinajstić information content (AvgIpc) is 3.07. The fourth-order valence-corrected chi connectivity index (χ4v) is 3.42. The number of hydrogen-bond donors (Lipinski definition) is 1. The maximum Gasteiger partial charge on any atom is 0.341 e. The first-order chi connectivity index (χ1) is 12.4. The molecule has 0 unspecified atom stereocenters. The van der Waals surface area contributed by atoms with Crippen molar-refractivity contribution >= 4 is 57.5 Å². The lowest BCUT2D eigenvalue weighted by Crippen LogP contribution is -2.15. The Kier molecular flexibility index (Phi) is 5.56. The minimum absolute atomic E-state index is 0.00343. The zero-order chi connectivity index (χ0) is 18.8. The molecular weight excluding hydrogens is 397 g/mol. The van der Waals surface area contributed by atoms with Crippen LogP contribution in [0.1, 0.15) is 33.2 Å². The van der Waals surface area contributed by atoms with E-state index in [0.717, 1.165) is 22.9 Å². The molecule has 0 fully saturated rings. The molecule has 7 heteroatoms. The second-order valence-electron chi connectivity index (χ2n) is 5.61. The molecule has 134 valence electrons. The number of aryl methyl sites for hydroxylation is 1. The summed E-state index contributed by atoms with van der Waals surface area (Å²) in [6.45, 7) is 1.61. The van der Waals surface area contributed by atoms with E-state index >= 15 is 0 Å². The number of carbonyl (C=O) groups excluding carboxylic acids is 2. The molecule has 26 heavy (non-hydrogen) atoms. The van der Waals surface area contributed by atoms with Crippen LogP contribution in [0.5, 0.6) is 0 Å². The molecule has 0 radical (unpaired) electrons. The Balaban J connectivity index is 1.80. The first kappa shape index (κ1) is 18.8. The maximum atomic E-state index is 12.5. The summed E-state index contributed by atoms with van der Waals surface area (Å²) in [5.74, 6) is -1.13. The summed E-state index contributed by atoms with van der Waals surface area (Å²) in [6, 6.07) is 8.66. The second kappa shape index (κ2) is 7.70. The fourth-order valence-electron chi connectivity index (χ4n) is 2.74. The van der Waals surface area contributed by atoms with Gasteiger partial charge in [0.2, 0.25) is 5.78 Å². The highest BCUT2D eigenvalue weighted by atomic mass is 35.5. The molecule has 0 atom stereocenters. The van der Waals surface area contributed by atoms with Crippen molar-refractivity contribution in [2.45, 2.75) is 13.3 Å². The number of para-hydroxylation sites is 1. The number of benzene rings is 2. The van der Waals surface area contributed by atoms with E-state index < -0.39 is 12.6 Å². The lowest BCUT2D eigenvalue weighted by atomic mass is 10.1. The average molecular weight is 411 g/mol. The maximum absolute atomic E-state index is 12.5. The highest BCUT2D eigenvalue weighted by Crippen LogP contribution is 2.32. The van der Waals surface area contributed by atoms with E-state index in [-0.39, 0.29) is 26.4 Å². The molecule has 4 nitrogen and oxygen atoms in total. The molecule has 0 aliphatic carbocycles. The molecule has 1 N–H and O–H groups in total. The largest absolute Gasteiger partial charge is 0.454 e.